The average molecular weight is 553 g/mol. The average Bonchev–Trinajstić information content (AvgIpc) is 3.72. The van der Waals surface area contributed by atoms with E-state index in [0.29, 0.717) is 28.5 Å². The Labute approximate surface area is 237 Å². The number of hydrogen-bond acceptors (Lipinski definition) is 8. The third kappa shape index (κ3) is 5.75. The number of nitrogens with one attached hydrogen (secondary N) is 3. The Morgan fingerprint density at radius 3 is 2.63 bits per heavy atom. The lowest BCUT2D eigenvalue weighted by Crippen LogP contribution is -2.47. The van der Waals surface area contributed by atoms with Gasteiger partial charge < -0.3 is 20.7 Å². The fourth-order valence-corrected chi connectivity index (χ4v) is 4.98. The Balaban J connectivity index is 1.21. The van der Waals surface area contributed by atoms with E-state index in [-0.39, 0.29) is 23.8 Å². The number of carbonyl (C=O) groups is 2. The van der Waals surface area contributed by atoms with E-state index in [4.69, 9.17) is 4.74 Å². The van der Waals surface area contributed by atoms with Crippen LogP contribution >= 0.6 is 0 Å². The van der Waals surface area contributed by atoms with Gasteiger partial charge in [-0.25, -0.2) is 4.98 Å². The second-order valence-electron chi connectivity index (χ2n) is 10.3. The monoisotopic (exact) mass is 552 g/mol. The first kappa shape index (κ1) is 26.5. The Kier molecular flexibility index (Phi) is 7.34. The minimum atomic E-state index is -0.297. The molecule has 6 rings (SSSR count). The summed E-state index contributed by atoms with van der Waals surface area (Å²) in [4.78, 5) is 36.0. The first-order valence-corrected chi connectivity index (χ1v) is 13.7. The zero-order chi connectivity index (χ0) is 28.3. The number of rotatable bonds is 10. The van der Waals surface area contributed by atoms with Crippen LogP contribution < -0.4 is 20.7 Å². The molecule has 1 aliphatic carbocycles. The summed E-state index contributed by atoms with van der Waals surface area (Å²) in [6.45, 7) is 2.63. The van der Waals surface area contributed by atoms with Gasteiger partial charge in [0.25, 0.3) is 5.91 Å². The molecule has 41 heavy (non-hydrogen) atoms. The molecule has 2 amide bonds. The van der Waals surface area contributed by atoms with Crippen molar-refractivity contribution >= 4 is 29.0 Å². The molecule has 4 aromatic rings. The number of anilines is 3. The Morgan fingerprint density at radius 1 is 1.05 bits per heavy atom. The fourth-order valence-electron chi connectivity index (χ4n) is 4.98. The summed E-state index contributed by atoms with van der Waals surface area (Å²) in [6.07, 6.45) is 8.94. The van der Waals surface area contributed by atoms with Gasteiger partial charge in [-0.15, -0.1) is 0 Å². The van der Waals surface area contributed by atoms with Gasteiger partial charge in [0, 0.05) is 68.4 Å². The number of aromatic nitrogens is 4. The van der Waals surface area contributed by atoms with E-state index in [9.17, 15) is 9.59 Å². The lowest BCUT2D eigenvalue weighted by Gasteiger charge is -2.38. The maximum absolute atomic E-state index is 12.6. The molecule has 1 aromatic carbocycles. The number of benzene rings is 1. The number of likely N-dealkylation sites (tertiary alicyclic amines) is 1. The van der Waals surface area contributed by atoms with Gasteiger partial charge >= 0.3 is 0 Å². The zero-order valence-corrected chi connectivity index (χ0v) is 23.0. The minimum absolute atomic E-state index is 0.0356. The topological polar surface area (TPSA) is 126 Å². The number of pyridine rings is 2. The molecule has 1 saturated heterocycles. The van der Waals surface area contributed by atoms with Gasteiger partial charge in [0.05, 0.1) is 42.0 Å². The Hall–Kier alpha value is -4.77. The summed E-state index contributed by atoms with van der Waals surface area (Å²) in [6, 6.07) is 13.7. The third-order valence-electron chi connectivity index (χ3n) is 7.40. The summed E-state index contributed by atoms with van der Waals surface area (Å²) >= 11 is 0. The predicted octanol–water partition coefficient (Wildman–Crippen LogP) is 3.86. The largest absolute Gasteiger partial charge is 0.494 e. The molecule has 2 fully saturated rings. The van der Waals surface area contributed by atoms with Crippen molar-refractivity contribution in [1.29, 1.82) is 0 Å². The summed E-state index contributed by atoms with van der Waals surface area (Å²) in [5.74, 6) is 0.674. The highest BCUT2D eigenvalue weighted by Crippen LogP contribution is 2.39. The van der Waals surface area contributed by atoms with E-state index >= 15 is 0 Å². The van der Waals surface area contributed by atoms with Crippen LogP contribution in [0.1, 0.15) is 34.9 Å². The fraction of sp³-hybridized carbons (Fsp3) is 0.300. The van der Waals surface area contributed by atoms with Crippen LogP contribution in [0.25, 0.3) is 11.1 Å². The summed E-state index contributed by atoms with van der Waals surface area (Å²) in [7, 11) is 3.18. The lowest BCUT2D eigenvalue weighted by molar-refractivity contribution is -0.117. The van der Waals surface area contributed by atoms with Crippen LogP contribution in [0.5, 0.6) is 5.75 Å². The van der Waals surface area contributed by atoms with Crippen molar-refractivity contribution in [2.24, 2.45) is 5.92 Å². The predicted molar refractivity (Wildman–Crippen MR) is 155 cm³/mol. The molecule has 4 heterocycles. The molecule has 210 valence electrons. The van der Waals surface area contributed by atoms with Crippen molar-refractivity contribution in [3.8, 4) is 16.9 Å². The van der Waals surface area contributed by atoms with E-state index in [0.717, 1.165) is 49.3 Å². The maximum Gasteiger partial charge on any atom is 0.254 e. The van der Waals surface area contributed by atoms with Gasteiger partial charge in [0.2, 0.25) is 5.91 Å². The number of carbonyl (C=O) groups excluding carboxylic acids is 2. The smallest absolute Gasteiger partial charge is 0.254 e. The molecule has 1 aliphatic heterocycles. The van der Waals surface area contributed by atoms with Crippen molar-refractivity contribution in [3.63, 3.8) is 0 Å². The maximum atomic E-state index is 12.6. The summed E-state index contributed by atoms with van der Waals surface area (Å²) in [5.41, 5.74) is 4.36. The number of amides is 2. The van der Waals surface area contributed by atoms with Crippen molar-refractivity contribution in [3.05, 3.63) is 78.5 Å². The van der Waals surface area contributed by atoms with Crippen LogP contribution in [0.2, 0.25) is 0 Å². The molecule has 3 N–H and O–H groups in total. The minimum Gasteiger partial charge on any atom is -0.494 e. The van der Waals surface area contributed by atoms with Crippen molar-refractivity contribution < 1.29 is 14.3 Å². The van der Waals surface area contributed by atoms with Crippen molar-refractivity contribution in [1.82, 2.24) is 30.0 Å². The second kappa shape index (κ2) is 11.4. The molecular weight excluding hydrogens is 520 g/mol. The first-order chi connectivity index (χ1) is 20.0. The normalized spacial score (nSPS) is 15.2. The number of nitrogens with zero attached hydrogens (tertiary/aromatic N) is 5. The molecule has 0 spiro atoms. The van der Waals surface area contributed by atoms with Crippen LogP contribution in [0.4, 0.5) is 17.2 Å². The molecule has 11 heteroatoms. The molecular formula is C30H32N8O3. The van der Waals surface area contributed by atoms with Gasteiger partial charge in [0.15, 0.2) is 0 Å². The Morgan fingerprint density at radius 2 is 1.90 bits per heavy atom. The van der Waals surface area contributed by atoms with E-state index in [1.54, 1.807) is 20.2 Å². The molecule has 0 unspecified atom stereocenters. The highest BCUT2D eigenvalue weighted by molar-refractivity contribution is 6.01. The van der Waals surface area contributed by atoms with Crippen molar-refractivity contribution in [2.45, 2.75) is 25.4 Å². The van der Waals surface area contributed by atoms with E-state index in [1.807, 2.05) is 59.7 Å². The molecule has 0 radical (unpaired) electrons. The summed E-state index contributed by atoms with van der Waals surface area (Å²) < 4.78 is 7.86. The SMILES string of the molecule is CNC(=O)c1cnc(NC(=O)C2CC2)cc1Nc1cccc(-c2cnn(C3CN(Cc4ccccn4)C3)c2)c1OC. The van der Waals surface area contributed by atoms with Crippen LogP contribution in [-0.4, -0.2) is 63.7 Å². The number of para-hydroxylation sites is 1. The molecule has 1 saturated carbocycles. The van der Waals surface area contributed by atoms with Crippen LogP contribution in [-0.2, 0) is 11.3 Å². The molecule has 11 nitrogen and oxygen atoms in total. The van der Waals surface area contributed by atoms with Gasteiger partial charge in [-0.2, -0.15) is 5.10 Å². The van der Waals surface area contributed by atoms with Crippen LogP contribution in [0.15, 0.2) is 67.3 Å². The zero-order valence-electron chi connectivity index (χ0n) is 23.0. The van der Waals surface area contributed by atoms with Gasteiger partial charge in [-0.1, -0.05) is 18.2 Å². The highest BCUT2D eigenvalue weighted by atomic mass is 16.5. The van der Waals surface area contributed by atoms with Crippen molar-refractivity contribution in [2.75, 3.05) is 37.9 Å². The quantitative estimate of drug-likeness (QED) is 0.271. The molecule has 0 atom stereocenters. The van der Waals surface area contributed by atoms with Crippen LogP contribution in [0, 0.1) is 5.92 Å². The first-order valence-electron chi connectivity index (χ1n) is 13.7. The van der Waals surface area contributed by atoms with E-state index in [2.05, 4.69) is 35.9 Å². The van der Waals surface area contributed by atoms with E-state index in [1.165, 1.54) is 6.20 Å². The van der Waals surface area contributed by atoms with Gasteiger partial charge in [0.1, 0.15) is 11.6 Å². The van der Waals surface area contributed by atoms with E-state index < -0.39 is 0 Å². The molecule has 0 bridgehead atoms. The number of methoxy groups -OCH3 is 1. The number of ether oxygens (including phenoxy) is 1. The lowest BCUT2D eigenvalue weighted by atomic mass is 10.1. The standard InChI is InChI=1S/C30H32N8O3/c1-31-30(40)24-14-33-27(36-29(39)19-9-10-19)12-26(24)35-25-8-5-7-23(28(25)41-2)20-13-34-38(15-20)22-17-37(18-22)16-21-6-3-4-11-32-21/h3-8,11-15,19,22H,9-10,16-18H2,1-2H3,(H,31,40)(H2,33,35,36,39). The molecule has 2 aliphatic rings. The Bertz CT molecular complexity index is 1560. The highest BCUT2D eigenvalue weighted by Gasteiger charge is 2.31. The number of hydrogen-bond donors (Lipinski definition) is 3. The van der Waals surface area contributed by atoms with Gasteiger partial charge in [-0.3, -0.25) is 24.2 Å². The van der Waals surface area contributed by atoms with Gasteiger partial charge in [-0.05, 0) is 31.0 Å². The molecule has 3 aromatic heterocycles. The van der Waals surface area contributed by atoms with Crippen LogP contribution in [0.3, 0.4) is 0 Å². The second-order valence-corrected chi connectivity index (χ2v) is 10.3. The summed E-state index contributed by atoms with van der Waals surface area (Å²) in [5, 5.41) is 13.5. The third-order valence-corrected chi connectivity index (χ3v) is 7.40.